The second-order valence-corrected chi connectivity index (χ2v) is 7.89. The molecule has 3 aromatic rings. The molecule has 1 aromatic heterocycles. The van der Waals surface area contributed by atoms with E-state index in [4.69, 9.17) is 14.2 Å². The lowest BCUT2D eigenvalue weighted by molar-refractivity contribution is -0.117. The van der Waals surface area contributed by atoms with Crippen LogP contribution in [-0.4, -0.2) is 32.2 Å². The maximum absolute atomic E-state index is 12.5. The van der Waals surface area contributed by atoms with Crippen LogP contribution in [0.1, 0.15) is 29.1 Å². The average Bonchev–Trinajstić information content (AvgIpc) is 3.19. The van der Waals surface area contributed by atoms with E-state index in [-0.39, 0.29) is 11.9 Å². The molecule has 0 saturated heterocycles. The second kappa shape index (κ2) is 10.1. The number of methoxy groups -OCH3 is 3. The van der Waals surface area contributed by atoms with Crippen LogP contribution < -0.4 is 19.5 Å². The van der Waals surface area contributed by atoms with Gasteiger partial charge in [0.05, 0.1) is 37.9 Å². The lowest BCUT2D eigenvalue weighted by Crippen LogP contribution is -2.24. The summed E-state index contributed by atoms with van der Waals surface area (Å²) >= 11 is 1.59. The molecule has 1 atom stereocenters. The van der Waals surface area contributed by atoms with Crippen molar-refractivity contribution in [2.75, 3.05) is 21.3 Å². The van der Waals surface area contributed by atoms with E-state index in [1.807, 2.05) is 44.2 Å². The van der Waals surface area contributed by atoms with E-state index in [9.17, 15) is 4.79 Å². The number of nitrogens with zero attached hydrogens (tertiary/aromatic N) is 1. The second-order valence-electron chi connectivity index (χ2n) is 6.86. The highest BCUT2D eigenvalue weighted by atomic mass is 32.1. The monoisotopic (exact) mass is 438 g/mol. The van der Waals surface area contributed by atoms with Crippen LogP contribution in [0.3, 0.4) is 0 Å². The zero-order chi connectivity index (χ0) is 22.4. The third-order valence-electron chi connectivity index (χ3n) is 4.72. The van der Waals surface area contributed by atoms with Crippen LogP contribution >= 0.6 is 11.3 Å². The fourth-order valence-electron chi connectivity index (χ4n) is 3.21. The minimum Gasteiger partial charge on any atom is -0.493 e. The van der Waals surface area contributed by atoms with Crippen LogP contribution in [0.4, 0.5) is 0 Å². The third kappa shape index (κ3) is 5.24. The SMILES string of the molecule is COc1cc(/C=C/C(=O)NC(C)c2sc(-c3ccccc3)nc2C)cc(OC)c1OC. The molecule has 7 heteroatoms. The topological polar surface area (TPSA) is 69.7 Å². The predicted molar refractivity (Wildman–Crippen MR) is 124 cm³/mol. The van der Waals surface area contributed by atoms with Gasteiger partial charge in [-0.2, -0.15) is 0 Å². The molecule has 1 amide bonds. The number of hydrogen-bond donors (Lipinski definition) is 1. The molecular weight excluding hydrogens is 412 g/mol. The summed E-state index contributed by atoms with van der Waals surface area (Å²) < 4.78 is 16.0. The molecule has 3 rings (SSSR count). The molecule has 0 fully saturated rings. The van der Waals surface area contributed by atoms with E-state index in [2.05, 4.69) is 10.3 Å². The highest BCUT2D eigenvalue weighted by molar-refractivity contribution is 7.15. The van der Waals surface area contributed by atoms with Crippen molar-refractivity contribution in [2.24, 2.45) is 0 Å². The van der Waals surface area contributed by atoms with Gasteiger partial charge in [-0.3, -0.25) is 4.79 Å². The first kappa shape index (κ1) is 22.4. The van der Waals surface area contributed by atoms with Crippen molar-refractivity contribution >= 4 is 23.3 Å². The van der Waals surface area contributed by atoms with Crippen molar-refractivity contribution in [3.05, 3.63) is 64.7 Å². The number of rotatable bonds is 8. The number of benzene rings is 2. The summed E-state index contributed by atoms with van der Waals surface area (Å²) in [5.41, 5.74) is 2.76. The molecule has 0 radical (unpaired) electrons. The number of thiazole rings is 1. The fraction of sp³-hybridized carbons (Fsp3) is 0.250. The maximum atomic E-state index is 12.5. The quantitative estimate of drug-likeness (QED) is 0.499. The molecule has 1 N–H and O–H groups in total. The number of aryl methyl sites for hydroxylation is 1. The van der Waals surface area contributed by atoms with Gasteiger partial charge in [0.1, 0.15) is 5.01 Å². The molecule has 0 saturated carbocycles. The van der Waals surface area contributed by atoms with Crippen LogP contribution in [0.15, 0.2) is 48.5 Å². The Morgan fingerprint density at radius 3 is 2.29 bits per heavy atom. The van der Waals surface area contributed by atoms with Crippen molar-refractivity contribution in [3.8, 4) is 27.8 Å². The van der Waals surface area contributed by atoms with Gasteiger partial charge in [-0.15, -0.1) is 11.3 Å². The zero-order valence-electron chi connectivity index (χ0n) is 18.3. The Balaban J connectivity index is 1.72. The summed E-state index contributed by atoms with van der Waals surface area (Å²) in [5, 5.41) is 3.96. The Kier molecular flexibility index (Phi) is 7.31. The van der Waals surface area contributed by atoms with Gasteiger partial charge in [0.25, 0.3) is 0 Å². The number of carbonyl (C=O) groups is 1. The van der Waals surface area contributed by atoms with Crippen LogP contribution in [0.2, 0.25) is 0 Å². The van der Waals surface area contributed by atoms with Crippen molar-refractivity contribution in [3.63, 3.8) is 0 Å². The van der Waals surface area contributed by atoms with Gasteiger partial charge in [0.2, 0.25) is 11.7 Å². The summed E-state index contributed by atoms with van der Waals surface area (Å²) in [6, 6.07) is 13.4. The van der Waals surface area contributed by atoms with Crippen molar-refractivity contribution < 1.29 is 19.0 Å². The molecule has 1 unspecified atom stereocenters. The molecule has 0 bridgehead atoms. The summed E-state index contributed by atoms with van der Waals surface area (Å²) in [5.74, 6) is 1.37. The lowest BCUT2D eigenvalue weighted by atomic mass is 10.1. The van der Waals surface area contributed by atoms with Crippen LogP contribution in [0.25, 0.3) is 16.6 Å². The first-order valence-corrected chi connectivity index (χ1v) is 10.6. The van der Waals surface area contributed by atoms with E-state index in [1.165, 1.54) is 6.08 Å². The Morgan fingerprint density at radius 1 is 1.06 bits per heavy atom. The smallest absolute Gasteiger partial charge is 0.244 e. The van der Waals surface area contributed by atoms with Crippen LogP contribution in [0, 0.1) is 6.92 Å². The van der Waals surface area contributed by atoms with E-state index in [0.717, 1.165) is 26.7 Å². The number of ether oxygens (including phenoxy) is 3. The fourth-order valence-corrected chi connectivity index (χ4v) is 4.28. The number of amides is 1. The van der Waals surface area contributed by atoms with Crippen molar-refractivity contribution in [1.82, 2.24) is 10.3 Å². The molecule has 0 aliphatic rings. The standard InChI is InChI=1S/C24H26N2O4S/c1-15(23-16(2)26-24(31-23)18-9-7-6-8-10-18)25-21(27)12-11-17-13-19(28-3)22(30-5)20(14-17)29-4/h6-15H,1-5H3,(H,25,27)/b12-11+. The Morgan fingerprint density at radius 2 is 1.71 bits per heavy atom. The van der Waals surface area contributed by atoms with Gasteiger partial charge in [-0.25, -0.2) is 4.98 Å². The number of carbonyl (C=O) groups excluding carboxylic acids is 1. The first-order chi connectivity index (χ1) is 15.0. The molecular formula is C24H26N2O4S. The molecule has 162 valence electrons. The summed E-state index contributed by atoms with van der Waals surface area (Å²) in [4.78, 5) is 18.2. The van der Waals surface area contributed by atoms with E-state index in [1.54, 1.807) is 50.9 Å². The molecule has 0 spiro atoms. The Labute approximate surface area is 186 Å². The van der Waals surface area contributed by atoms with Gasteiger partial charge >= 0.3 is 0 Å². The van der Waals surface area contributed by atoms with Crippen molar-refractivity contribution in [2.45, 2.75) is 19.9 Å². The summed E-state index contributed by atoms with van der Waals surface area (Å²) in [6.07, 6.45) is 3.20. The molecule has 0 aliphatic heterocycles. The lowest BCUT2D eigenvalue weighted by Gasteiger charge is -2.13. The Bertz CT molecular complexity index is 1050. The van der Waals surface area contributed by atoms with E-state index in [0.29, 0.717) is 17.2 Å². The molecule has 6 nitrogen and oxygen atoms in total. The first-order valence-electron chi connectivity index (χ1n) is 9.78. The van der Waals surface area contributed by atoms with Gasteiger partial charge in [-0.1, -0.05) is 30.3 Å². The van der Waals surface area contributed by atoms with Crippen molar-refractivity contribution in [1.29, 1.82) is 0 Å². The third-order valence-corrected chi connectivity index (χ3v) is 6.11. The van der Waals surface area contributed by atoms with Gasteiger partial charge in [0.15, 0.2) is 11.5 Å². The summed E-state index contributed by atoms with van der Waals surface area (Å²) in [7, 11) is 4.66. The number of aromatic nitrogens is 1. The highest BCUT2D eigenvalue weighted by Crippen LogP contribution is 2.38. The highest BCUT2D eigenvalue weighted by Gasteiger charge is 2.17. The Hall–Kier alpha value is -3.32. The largest absolute Gasteiger partial charge is 0.493 e. The van der Waals surface area contributed by atoms with Gasteiger partial charge in [-0.05, 0) is 37.6 Å². The van der Waals surface area contributed by atoms with E-state index < -0.39 is 0 Å². The zero-order valence-corrected chi connectivity index (χ0v) is 19.1. The van der Waals surface area contributed by atoms with Gasteiger partial charge < -0.3 is 19.5 Å². The molecule has 1 heterocycles. The summed E-state index contributed by atoms with van der Waals surface area (Å²) in [6.45, 7) is 3.92. The van der Waals surface area contributed by atoms with Crippen LogP contribution in [-0.2, 0) is 4.79 Å². The van der Waals surface area contributed by atoms with Crippen LogP contribution in [0.5, 0.6) is 17.2 Å². The minimum absolute atomic E-state index is 0.160. The predicted octanol–water partition coefficient (Wildman–Crippen LogP) is 5.03. The number of hydrogen-bond acceptors (Lipinski definition) is 6. The molecule has 0 aliphatic carbocycles. The normalized spacial score (nSPS) is 11.9. The van der Waals surface area contributed by atoms with Gasteiger partial charge in [0, 0.05) is 11.6 Å². The minimum atomic E-state index is -0.199. The molecule has 31 heavy (non-hydrogen) atoms. The number of nitrogens with one attached hydrogen (secondary N) is 1. The van der Waals surface area contributed by atoms with E-state index >= 15 is 0 Å². The maximum Gasteiger partial charge on any atom is 0.244 e. The molecule has 2 aromatic carbocycles. The average molecular weight is 439 g/mol.